The molecule has 0 fully saturated rings. The van der Waals surface area contributed by atoms with Gasteiger partial charge >= 0.3 is 6.18 Å². The van der Waals surface area contributed by atoms with Crippen LogP contribution >= 0.6 is 0 Å². The molecule has 0 saturated carbocycles. The molecule has 110 valence electrons. The van der Waals surface area contributed by atoms with E-state index in [1.807, 2.05) is 0 Å². The number of anilines is 1. The summed E-state index contributed by atoms with van der Waals surface area (Å²) in [6.45, 7) is -1.74. The van der Waals surface area contributed by atoms with Crippen molar-refractivity contribution in [3.05, 3.63) is 24.1 Å². The zero-order valence-electron chi connectivity index (χ0n) is 10.5. The number of halogens is 3. The largest absolute Gasteiger partial charge is 0.439 e. The molecule has 0 saturated heterocycles. The molecule has 1 aromatic heterocycles. The van der Waals surface area contributed by atoms with Crippen LogP contribution in [0.15, 0.2) is 22.6 Å². The summed E-state index contributed by atoms with van der Waals surface area (Å²) in [6.07, 6.45) is -4.34. The zero-order valence-corrected chi connectivity index (χ0v) is 10.5. The first-order chi connectivity index (χ1) is 9.37. The molecule has 20 heavy (non-hydrogen) atoms. The van der Waals surface area contributed by atoms with E-state index >= 15 is 0 Å². The fourth-order valence-corrected chi connectivity index (χ4v) is 1.86. The number of fused-ring (bicyclic) bond motifs is 1. The van der Waals surface area contributed by atoms with Crippen molar-refractivity contribution in [2.75, 3.05) is 25.4 Å². The van der Waals surface area contributed by atoms with Crippen LogP contribution in [-0.2, 0) is 6.54 Å². The lowest BCUT2D eigenvalue weighted by Gasteiger charge is -2.20. The van der Waals surface area contributed by atoms with Gasteiger partial charge < -0.3 is 15.3 Å². The summed E-state index contributed by atoms with van der Waals surface area (Å²) >= 11 is 0. The number of nitrogen functional groups attached to an aromatic ring is 1. The van der Waals surface area contributed by atoms with Crippen LogP contribution in [0.1, 0.15) is 5.89 Å². The van der Waals surface area contributed by atoms with Gasteiger partial charge in [-0.25, -0.2) is 4.98 Å². The van der Waals surface area contributed by atoms with Crippen molar-refractivity contribution >= 4 is 16.8 Å². The van der Waals surface area contributed by atoms with Gasteiger partial charge in [0.1, 0.15) is 5.52 Å². The molecule has 1 aromatic carbocycles. The molecule has 1 heterocycles. The summed E-state index contributed by atoms with van der Waals surface area (Å²) in [5, 5.41) is 8.81. The van der Waals surface area contributed by atoms with Crippen LogP contribution in [0, 0.1) is 0 Å². The number of hydrogen-bond donors (Lipinski definition) is 2. The summed E-state index contributed by atoms with van der Waals surface area (Å²) in [4.78, 5) is 5.11. The Labute approximate surface area is 112 Å². The maximum Gasteiger partial charge on any atom is 0.401 e. The van der Waals surface area contributed by atoms with Crippen molar-refractivity contribution < 1.29 is 22.7 Å². The van der Waals surface area contributed by atoms with Crippen LogP contribution in [0.25, 0.3) is 11.1 Å². The second-order valence-electron chi connectivity index (χ2n) is 4.38. The molecule has 2 aromatic rings. The van der Waals surface area contributed by atoms with Crippen LogP contribution in [-0.4, -0.2) is 40.9 Å². The fraction of sp³-hybridized carbons (Fsp3) is 0.417. The minimum absolute atomic E-state index is 0.111. The van der Waals surface area contributed by atoms with Crippen molar-refractivity contribution in [1.29, 1.82) is 0 Å². The maximum absolute atomic E-state index is 12.4. The van der Waals surface area contributed by atoms with Crippen LogP contribution in [0.3, 0.4) is 0 Å². The predicted molar refractivity (Wildman–Crippen MR) is 66.8 cm³/mol. The van der Waals surface area contributed by atoms with Crippen molar-refractivity contribution in [2.24, 2.45) is 0 Å². The van der Waals surface area contributed by atoms with Gasteiger partial charge in [0.25, 0.3) is 0 Å². The van der Waals surface area contributed by atoms with E-state index in [1.165, 1.54) is 0 Å². The van der Waals surface area contributed by atoms with Gasteiger partial charge in [0.2, 0.25) is 5.89 Å². The van der Waals surface area contributed by atoms with E-state index in [9.17, 15) is 13.2 Å². The van der Waals surface area contributed by atoms with Crippen LogP contribution < -0.4 is 5.73 Å². The second-order valence-corrected chi connectivity index (χ2v) is 4.38. The molecule has 8 heteroatoms. The molecule has 0 unspecified atom stereocenters. The Morgan fingerprint density at radius 1 is 1.35 bits per heavy atom. The number of aliphatic hydroxyl groups excluding tert-OH is 1. The van der Waals surface area contributed by atoms with Gasteiger partial charge in [-0.15, -0.1) is 0 Å². The molecular formula is C12H14F3N3O2. The Morgan fingerprint density at radius 2 is 2.10 bits per heavy atom. The average molecular weight is 289 g/mol. The average Bonchev–Trinajstić information content (AvgIpc) is 2.68. The molecule has 0 aliphatic carbocycles. The third-order valence-electron chi connectivity index (χ3n) is 2.63. The number of oxazole rings is 1. The maximum atomic E-state index is 12.4. The van der Waals surface area contributed by atoms with Crippen molar-refractivity contribution in [1.82, 2.24) is 9.88 Å². The minimum Gasteiger partial charge on any atom is -0.439 e. The Morgan fingerprint density at radius 3 is 2.75 bits per heavy atom. The molecule has 0 radical (unpaired) electrons. The molecular weight excluding hydrogens is 275 g/mol. The number of alkyl halides is 3. The van der Waals surface area contributed by atoms with Crippen molar-refractivity contribution in [3.8, 4) is 0 Å². The van der Waals surface area contributed by atoms with Gasteiger partial charge in [-0.1, -0.05) is 0 Å². The van der Waals surface area contributed by atoms with Crippen LogP contribution in [0.4, 0.5) is 18.9 Å². The number of aromatic nitrogens is 1. The predicted octanol–water partition coefficient (Wildman–Crippen LogP) is 1.77. The minimum atomic E-state index is -4.34. The van der Waals surface area contributed by atoms with Gasteiger partial charge in [0.05, 0.1) is 19.7 Å². The quantitative estimate of drug-likeness (QED) is 0.820. The number of nitrogens with zero attached hydrogens (tertiary/aromatic N) is 2. The van der Waals surface area contributed by atoms with Gasteiger partial charge in [-0.3, -0.25) is 4.90 Å². The summed E-state index contributed by atoms with van der Waals surface area (Å²) < 4.78 is 42.6. The Hall–Kier alpha value is -1.80. The Balaban J connectivity index is 2.15. The number of aliphatic hydroxyl groups is 1. The lowest BCUT2D eigenvalue weighted by Crippen LogP contribution is -2.35. The van der Waals surface area contributed by atoms with E-state index in [2.05, 4.69) is 4.98 Å². The van der Waals surface area contributed by atoms with E-state index < -0.39 is 12.7 Å². The third-order valence-corrected chi connectivity index (χ3v) is 2.63. The topological polar surface area (TPSA) is 75.5 Å². The smallest absolute Gasteiger partial charge is 0.401 e. The molecule has 0 aliphatic rings. The fourth-order valence-electron chi connectivity index (χ4n) is 1.86. The molecule has 0 atom stereocenters. The lowest BCUT2D eigenvalue weighted by atomic mass is 10.3. The first-order valence-electron chi connectivity index (χ1n) is 5.92. The number of rotatable bonds is 5. The molecule has 0 bridgehead atoms. The summed E-state index contributed by atoms with van der Waals surface area (Å²) in [6, 6.07) is 4.82. The molecule has 0 spiro atoms. The van der Waals surface area contributed by atoms with Crippen molar-refractivity contribution in [3.63, 3.8) is 0 Å². The highest BCUT2D eigenvalue weighted by molar-refractivity contribution is 5.76. The normalized spacial score (nSPS) is 12.4. The first-order valence-corrected chi connectivity index (χ1v) is 5.92. The number of benzene rings is 1. The lowest BCUT2D eigenvalue weighted by molar-refractivity contribution is -0.148. The highest BCUT2D eigenvalue weighted by Crippen LogP contribution is 2.21. The second kappa shape index (κ2) is 5.68. The molecule has 0 aliphatic heterocycles. The standard InChI is InChI=1S/C12H14F3N3O2/c13-12(14,15)7-18(3-4-19)6-11-17-9-5-8(16)1-2-10(9)20-11/h1-2,5,19H,3-4,6-7,16H2. The van der Waals surface area contributed by atoms with Gasteiger partial charge in [0, 0.05) is 12.2 Å². The van der Waals surface area contributed by atoms with Gasteiger partial charge in [0.15, 0.2) is 5.58 Å². The Kier molecular flexibility index (Phi) is 4.15. The van der Waals surface area contributed by atoms with E-state index in [4.69, 9.17) is 15.3 Å². The van der Waals surface area contributed by atoms with Crippen LogP contribution in [0.2, 0.25) is 0 Å². The zero-order chi connectivity index (χ0) is 14.8. The molecule has 0 amide bonds. The van der Waals surface area contributed by atoms with E-state index in [0.717, 1.165) is 4.90 Å². The van der Waals surface area contributed by atoms with E-state index in [1.54, 1.807) is 18.2 Å². The summed E-state index contributed by atoms with van der Waals surface area (Å²) in [7, 11) is 0. The van der Waals surface area contributed by atoms with E-state index in [0.29, 0.717) is 16.8 Å². The molecule has 3 N–H and O–H groups in total. The number of hydrogen-bond acceptors (Lipinski definition) is 5. The van der Waals surface area contributed by atoms with Crippen LogP contribution in [0.5, 0.6) is 0 Å². The number of nitrogens with two attached hydrogens (primary N) is 1. The Bertz CT molecular complexity index is 583. The van der Waals surface area contributed by atoms with E-state index in [-0.39, 0.29) is 25.6 Å². The molecule has 2 rings (SSSR count). The highest BCUT2D eigenvalue weighted by atomic mass is 19.4. The first kappa shape index (κ1) is 14.6. The summed E-state index contributed by atoms with van der Waals surface area (Å²) in [5.41, 5.74) is 7.05. The third kappa shape index (κ3) is 3.84. The molecule has 5 nitrogen and oxygen atoms in total. The van der Waals surface area contributed by atoms with Gasteiger partial charge in [-0.2, -0.15) is 13.2 Å². The SMILES string of the molecule is Nc1ccc2oc(CN(CCO)CC(F)(F)F)nc2c1. The highest BCUT2D eigenvalue weighted by Gasteiger charge is 2.31. The van der Waals surface area contributed by atoms with Gasteiger partial charge in [-0.05, 0) is 18.2 Å². The monoisotopic (exact) mass is 289 g/mol. The summed E-state index contributed by atoms with van der Waals surface area (Å²) in [5.74, 6) is 0.156. The van der Waals surface area contributed by atoms with Crippen molar-refractivity contribution in [2.45, 2.75) is 12.7 Å².